The molecule has 5 amide bonds. The molecule has 0 radical (unpaired) electrons. The van der Waals surface area contributed by atoms with Crippen LogP contribution in [-0.4, -0.2) is 78.4 Å². The molecule has 0 bridgehead atoms. The number of nitrogens with zero attached hydrogens (tertiary/aromatic N) is 2. The quantitative estimate of drug-likeness (QED) is 0.322. The first kappa shape index (κ1) is 34.4. The highest BCUT2D eigenvalue weighted by molar-refractivity contribution is 5.93. The first-order valence-corrected chi connectivity index (χ1v) is 16.3. The lowest BCUT2D eigenvalue weighted by Gasteiger charge is -2.38. The summed E-state index contributed by atoms with van der Waals surface area (Å²) in [7, 11) is 1.70. The van der Waals surface area contributed by atoms with Gasteiger partial charge in [0, 0.05) is 24.3 Å². The Bertz CT molecular complexity index is 1390. The Morgan fingerprint density at radius 3 is 2.39 bits per heavy atom. The summed E-state index contributed by atoms with van der Waals surface area (Å²) in [6.07, 6.45) is 11.9. The van der Waals surface area contributed by atoms with Gasteiger partial charge in [0.25, 0.3) is 0 Å². The zero-order valence-corrected chi connectivity index (χ0v) is 27.4. The molecule has 0 aromatic heterocycles. The van der Waals surface area contributed by atoms with Crippen molar-refractivity contribution in [2.75, 3.05) is 25.5 Å². The van der Waals surface area contributed by atoms with E-state index in [1.54, 1.807) is 18.9 Å². The van der Waals surface area contributed by atoms with E-state index >= 15 is 0 Å². The number of fused-ring (bicyclic) bond motifs is 1. The third kappa shape index (κ3) is 9.06. The van der Waals surface area contributed by atoms with E-state index in [2.05, 4.69) is 46.4 Å². The molecular weight excluding hydrogens is 580 g/mol. The molecule has 2 aromatic rings. The fourth-order valence-electron chi connectivity index (χ4n) is 6.13. The Hall–Kier alpha value is -4.44. The average molecular weight is 629 g/mol. The Morgan fingerprint density at radius 1 is 1.00 bits per heavy atom. The summed E-state index contributed by atoms with van der Waals surface area (Å²) in [4.78, 5) is 53.0. The minimum atomic E-state index is -0.764. The van der Waals surface area contributed by atoms with Crippen molar-refractivity contribution in [3.8, 4) is 0 Å². The highest BCUT2D eigenvalue weighted by Gasteiger charge is 2.41. The van der Waals surface area contributed by atoms with Gasteiger partial charge < -0.3 is 31.1 Å². The molecule has 2 heterocycles. The van der Waals surface area contributed by atoms with Crippen LogP contribution in [0.5, 0.6) is 0 Å². The number of hydrogen-bond donors (Lipinski definition) is 4. The lowest BCUT2D eigenvalue weighted by Crippen LogP contribution is -2.61. The van der Waals surface area contributed by atoms with Crippen LogP contribution in [0.3, 0.4) is 0 Å². The Labute approximate surface area is 272 Å². The van der Waals surface area contributed by atoms with Gasteiger partial charge in [0.05, 0.1) is 18.6 Å². The van der Waals surface area contributed by atoms with E-state index in [4.69, 9.17) is 0 Å². The summed E-state index contributed by atoms with van der Waals surface area (Å²) in [5.74, 6) is -0.354. The number of urea groups is 1. The number of aryl methyl sites for hydroxylation is 1. The van der Waals surface area contributed by atoms with Gasteiger partial charge in [-0.25, -0.2) is 4.79 Å². The summed E-state index contributed by atoms with van der Waals surface area (Å²) in [5.41, 5.74) is 4.11. The molecule has 5 unspecified atom stereocenters. The highest BCUT2D eigenvalue weighted by Crippen LogP contribution is 2.29. The number of nitrogens with one attached hydrogen (secondary N) is 4. The van der Waals surface area contributed by atoms with Crippen molar-refractivity contribution >= 4 is 29.9 Å². The van der Waals surface area contributed by atoms with Crippen LogP contribution in [0.15, 0.2) is 78.4 Å². The van der Waals surface area contributed by atoms with Gasteiger partial charge in [-0.2, -0.15) is 0 Å². The molecule has 2 aliphatic heterocycles. The number of benzene rings is 2. The first-order valence-electron chi connectivity index (χ1n) is 16.3. The van der Waals surface area contributed by atoms with Crippen molar-refractivity contribution in [1.29, 1.82) is 0 Å². The van der Waals surface area contributed by atoms with E-state index in [0.717, 1.165) is 49.6 Å². The van der Waals surface area contributed by atoms with E-state index < -0.39 is 12.1 Å². The number of rotatable bonds is 8. The summed E-state index contributed by atoms with van der Waals surface area (Å²) in [6.45, 7) is 6.47. The van der Waals surface area contributed by atoms with E-state index in [1.165, 1.54) is 5.57 Å². The summed E-state index contributed by atoms with van der Waals surface area (Å²) in [5, 5.41) is 11.5. The molecule has 10 nitrogen and oxygen atoms in total. The monoisotopic (exact) mass is 628 g/mol. The van der Waals surface area contributed by atoms with Crippen LogP contribution >= 0.6 is 0 Å². The molecule has 2 fully saturated rings. The molecule has 0 saturated carbocycles. The maximum Gasteiger partial charge on any atom is 0.321 e. The number of likely N-dealkylation sites (N-methyl/N-ethyl adjacent to an activating group) is 1. The molecule has 0 spiro atoms. The number of allylic oxidation sites excluding steroid dienone is 2. The van der Waals surface area contributed by atoms with Crippen LogP contribution in [0.2, 0.25) is 0 Å². The smallest absolute Gasteiger partial charge is 0.321 e. The first-order chi connectivity index (χ1) is 22.2. The van der Waals surface area contributed by atoms with Gasteiger partial charge >= 0.3 is 6.03 Å². The summed E-state index contributed by atoms with van der Waals surface area (Å²) < 4.78 is 0. The number of hydrogen-bond acceptors (Lipinski definition) is 5. The molecule has 3 aliphatic rings. The van der Waals surface area contributed by atoms with Gasteiger partial charge in [-0.05, 0) is 83.2 Å². The highest BCUT2D eigenvalue weighted by atomic mass is 16.2. The van der Waals surface area contributed by atoms with Crippen LogP contribution < -0.4 is 21.3 Å². The lowest BCUT2D eigenvalue weighted by molar-refractivity contribution is -0.140. The fourth-order valence-corrected chi connectivity index (χ4v) is 6.13. The molecule has 1 aliphatic carbocycles. The number of carbonyl (C=O) groups excluding carboxylic acids is 4. The molecule has 246 valence electrons. The zero-order valence-electron chi connectivity index (χ0n) is 27.4. The Morgan fingerprint density at radius 2 is 1.74 bits per heavy atom. The van der Waals surface area contributed by atoms with Crippen LogP contribution in [0.25, 0.3) is 0 Å². The predicted molar refractivity (Wildman–Crippen MR) is 181 cm³/mol. The standard InChI is InChI=1S/C22H33N5O3.C14H15NO/c1-14-5-8-17(9-6-14)24-22(30)26-12-11-18-10-7-15(2)27(18)21(29)19(13-26)25-20(28)16(3)23-4;16-11-15-14(12-7-3-1-4-8-12)13-9-5-2-6-10-13/h5-6,8-9,15-16,18-19,23H,7,10-13H2,1-4H3,(H,24,30)(H,25,28);1,3-5,7-11,14H,2,6H2,(H,15,16). The second-order valence-electron chi connectivity index (χ2n) is 12.2. The number of carbonyl (C=O) groups is 4. The van der Waals surface area contributed by atoms with Crippen LogP contribution in [-0.2, 0) is 14.4 Å². The average Bonchev–Trinajstić information content (AvgIpc) is 3.44. The van der Waals surface area contributed by atoms with E-state index in [-0.39, 0.29) is 42.5 Å². The summed E-state index contributed by atoms with van der Waals surface area (Å²) in [6, 6.07) is 16.4. The van der Waals surface area contributed by atoms with Crippen LogP contribution in [0, 0.1) is 6.92 Å². The van der Waals surface area contributed by atoms with Gasteiger partial charge in [0.2, 0.25) is 18.2 Å². The molecule has 5 rings (SSSR count). The normalized spacial score (nSPS) is 22.1. The van der Waals surface area contributed by atoms with Crippen molar-refractivity contribution in [2.24, 2.45) is 0 Å². The maximum atomic E-state index is 13.3. The van der Waals surface area contributed by atoms with E-state index in [9.17, 15) is 19.2 Å². The predicted octanol–water partition coefficient (Wildman–Crippen LogP) is 4.45. The molecule has 2 aromatic carbocycles. The SMILES string of the molecule is CNC(C)C(=O)NC1CN(C(=O)Nc2ccc(C)cc2)CCC2CCC(C)N2C1=O.O=CNC(C1=CCCC=C1)c1ccccc1. The minimum absolute atomic E-state index is 0.0183. The van der Waals surface area contributed by atoms with Crippen LogP contribution in [0.4, 0.5) is 10.5 Å². The zero-order chi connectivity index (χ0) is 33.1. The van der Waals surface area contributed by atoms with Crippen molar-refractivity contribution in [3.05, 3.63) is 89.5 Å². The largest absolute Gasteiger partial charge is 0.348 e. The molecule has 5 atom stereocenters. The second kappa shape index (κ2) is 16.7. The van der Waals surface area contributed by atoms with Gasteiger partial charge in [-0.1, -0.05) is 66.3 Å². The third-order valence-electron chi connectivity index (χ3n) is 8.93. The molecule has 10 heteroatoms. The van der Waals surface area contributed by atoms with Crippen molar-refractivity contribution < 1.29 is 19.2 Å². The molecular formula is C36H48N6O4. The Balaban J connectivity index is 0.000000252. The van der Waals surface area contributed by atoms with Crippen molar-refractivity contribution in [3.63, 3.8) is 0 Å². The van der Waals surface area contributed by atoms with Crippen molar-refractivity contribution in [2.45, 2.75) is 83.1 Å². The van der Waals surface area contributed by atoms with Gasteiger partial charge in [-0.15, -0.1) is 0 Å². The topological polar surface area (TPSA) is 123 Å². The van der Waals surface area contributed by atoms with E-state index in [0.29, 0.717) is 12.2 Å². The minimum Gasteiger partial charge on any atom is -0.348 e. The lowest BCUT2D eigenvalue weighted by atomic mass is 9.94. The second-order valence-corrected chi connectivity index (χ2v) is 12.2. The molecule has 2 saturated heterocycles. The summed E-state index contributed by atoms with van der Waals surface area (Å²) >= 11 is 0. The molecule has 46 heavy (non-hydrogen) atoms. The fraction of sp³-hybridized carbons (Fsp3) is 0.444. The Kier molecular flexibility index (Phi) is 12.5. The third-order valence-corrected chi connectivity index (χ3v) is 8.93. The van der Waals surface area contributed by atoms with Gasteiger partial charge in [0.15, 0.2) is 0 Å². The number of anilines is 1. The van der Waals surface area contributed by atoms with Crippen LogP contribution in [0.1, 0.15) is 63.1 Å². The maximum absolute atomic E-state index is 13.3. The van der Waals surface area contributed by atoms with E-state index in [1.807, 2.05) is 66.4 Å². The van der Waals surface area contributed by atoms with Gasteiger partial charge in [0.1, 0.15) is 6.04 Å². The molecule has 4 N–H and O–H groups in total. The van der Waals surface area contributed by atoms with Gasteiger partial charge in [-0.3, -0.25) is 14.4 Å². The van der Waals surface area contributed by atoms with Crippen molar-refractivity contribution in [1.82, 2.24) is 25.8 Å². The number of amides is 5.